The van der Waals surface area contributed by atoms with Gasteiger partial charge in [0.15, 0.2) is 0 Å². The average Bonchev–Trinajstić information content (AvgIpc) is 2.99. The van der Waals surface area contributed by atoms with Gasteiger partial charge >= 0.3 is 41.9 Å². The van der Waals surface area contributed by atoms with E-state index >= 15 is 0 Å². The van der Waals surface area contributed by atoms with Crippen LogP contribution < -0.4 is 24.8 Å². The van der Waals surface area contributed by atoms with E-state index in [-0.39, 0.29) is 30.2 Å². The predicted octanol–water partition coefficient (Wildman–Crippen LogP) is -0.627. The standard InChI is InChI=1S/C11H11.C5H5.C2H6Si.2ClH.Zr/c1-8-6-10-5-3-4-9(2)11(10)7-8;1-2-4-5-3-1;1-3-2;;;/h3-7H,1-2H3;1-5H;1-2H3;2*1H;/q2*-1;;;;+2/p-2. The Bertz CT molecular complexity index is 621. The van der Waals surface area contributed by atoms with Crippen LogP contribution in [0.25, 0.3) is 10.8 Å². The first-order chi connectivity index (χ1) is 9.50. The van der Waals surface area contributed by atoms with Crippen LogP contribution in [0.2, 0.25) is 13.1 Å². The topological polar surface area (TPSA) is 0 Å². The van der Waals surface area contributed by atoms with Crippen LogP contribution in [0.5, 0.6) is 0 Å². The summed E-state index contributed by atoms with van der Waals surface area (Å²) in [6.07, 6.45) is 0. The molecule has 0 nitrogen and oxygen atoms in total. The second-order valence-electron chi connectivity index (χ2n) is 5.07. The van der Waals surface area contributed by atoms with Crippen molar-refractivity contribution in [3.05, 3.63) is 71.8 Å². The molecule has 118 valence electrons. The molecule has 3 aromatic carbocycles. The van der Waals surface area contributed by atoms with Crippen LogP contribution in [-0.2, 0) is 23.3 Å². The van der Waals surface area contributed by atoms with Gasteiger partial charge in [0.2, 0.25) is 0 Å². The normalized spacial score (nSPS) is 8.45. The van der Waals surface area contributed by atoms with E-state index in [1.165, 1.54) is 21.9 Å². The molecule has 0 saturated heterocycles. The molecule has 0 radical (unpaired) electrons. The number of aryl methyl sites for hydroxylation is 2. The number of hydrogen-bond donors (Lipinski definition) is 0. The van der Waals surface area contributed by atoms with Gasteiger partial charge in [-0.3, -0.25) is 0 Å². The fourth-order valence-corrected chi connectivity index (χ4v) is 1.86. The molecule has 0 amide bonds. The van der Waals surface area contributed by atoms with E-state index in [0.29, 0.717) is 0 Å². The number of hydrogen-bond acceptors (Lipinski definition) is 0. The fraction of sp³-hybridized carbons (Fsp3) is 0.222. The predicted molar refractivity (Wildman–Crippen MR) is 88.5 cm³/mol. The van der Waals surface area contributed by atoms with E-state index in [9.17, 15) is 0 Å². The van der Waals surface area contributed by atoms with Crippen LogP contribution in [0.1, 0.15) is 11.1 Å². The van der Waals surface area contributed by atoms with Gasteiger partial charge in [-0.2, -0.15) is 24.3 Å². The molecule has 3 rings (SSSR count). The molecule has 0 spiro atoms. The third kappa shape index (κ3) is 9.79. The first kappa shape index (κ1) is 24.1. The first-order valence-corrected chi connectivity index (χ1v) is 13.0. The van der Waals surface area contributed by atoms with Gasteiger partial charge in [0.25, 0.3) is 0 Å². The molecule has 0 bridgehead atoms. The SMILES string of the molecule is C[Si](C)=[Zr+2].Cc1cc2cccc(C)c2[cH-]1.[Cl-].[Cl-].c1cc[cH-]c1. The molecule has 0 aliphatic carbocycles. The Morgan fingerprint density at radius 2 is 1.50 bits per heavy atom. The summed E-state index contributed by atoms with van der Waals surface area (Å²) in [5.41, 5.74) is 2.94. The minimum absolute atomic E-state index is 0. The number of rotatable bonds is 0. The van der Waals surface area contributed by atoms with Gasteiger partial charge in [0.05, 0.1) is 0 Å². The maximum atomic E-state index is 2.31. The van der Waals surface area contributed by atoms with Gasteiger partial charge in [0.1, 0.15) is 0 Å². The number of fused-ring (bicyclic) bond motifs is 1. The van der Waals surface area contributed by atoms with Crippen molar-refractivity contribution < 1.29 is 48.1 Å². The summed E-state index contributed by atoms with van der Waals surface area (Å²) in [6.45, 7) is 8.91. The van der Waals surface area contributed by atoms with E-state index < -0.39 is 0 Å². The zero-order valence-corrected chi connectivity index (χ0v) is 18.5. The molecule has 22 heavy (non-hydrogen) atoms. The molecule has 0 heterocycles. The monoisotopic (exact) mass is 426 g/mol. The van der Waals surface area contributed by atoms with Crippen molar-refractivity contribution in [1.82, 2.24) is 0 Å². The third-order valence-electron chi connectivity index (χ3n) is 2.67. The summed E-state index contributed by atoms with van der Waals surface area (Å²) >= 11 is 1.74. The third-order valence-corrected chi connectivity index (χ3v) is 2.67. The first-order valence-electron chi connectivity index (χ1n) is 6.82. The van der Waals surface area contributed by atoms with Crippen molar-refractivity contribution in [2.24, 2.45) is 0 Å². The van der Waals surface area contributed by atoms with Crippen molar-refractivity contribution in [3.8, 4) is 0 Å². The molecule has 0 aliphatic rings. The molecule has 0 N–H and O–H groups in total. The van der Waals surface area contributed by atoms with Crippen molar-refractivity contribution in [3.63, 3.8) is 0 Å². The van der Waals surface area contributed by atoms with Crippen molar-refractivity contribution in [2.75, 3.05) is 0 Å². The van der Waals surface area contributed by atoms with Crippen LogP contribution in [0.15, 0.2) is 60.7 Å². The maximum absolute atomic E-state index is 2.31. The van der Waals surface area contributed by atoms with E-state index in [2.05, 4.69) is 57.3 Å². The van der Waals surface area contributed by atoms with Crippen molar-refractivity contribution in [2.45, 2.75) is 26.9 Å². The van der Waals surface area contributed by atoms with Crippen molar-refractivity contribution in [1.29, 1.82) is 0 Å². The second-order valence-corrected chi connectivity index (χ2v) is 14.4. The van der Waals surface area contributed by atoms with Gasteiger partial charge in [-0.05, 0) is 0 Å². The summed E-state index contributed by atoms with van der Waals surface area (Å²) in [7, 11) is 0. The molecule has 3 aromatic rings. The smallest absolute Gasteiger partial charge is 0.0579 e. The summed E-state index contributed by atoms with van der Waals surface area (Å²) in [4.78, 5) is 0. The summed E-state index contributed by atoms with van der Waals surface area (Å²) in [5, 5.41) is 2.76. The van der Waals surface area contributed by atoms with E-state index in [1.54, 1.807) is 23.3 Å². The molecule has 0 fully saturated rings. The minimum Gasteiger partial charge on any atom is -1.00 e. The Labute approximate surface area is 162 Å². The Balaban J connectivity index is 0. The van der Waals surface area contributed by atoms with Crippen LogP contribution in [0, 0.1) is 13.8 Å². The van der Waals surface area contributed by atoms with E-state index in [4.69, 9.17) is 0 Å². The number of halogens is 2. The second kappa shape index (κ2) is 13.3. The van der Waals surface area contributed by atoms with Gasteiger partial charge in [-0.25, -0.2) is 12.1 Å². The zero-order chi connectivity index (χ0) is 15.0. The molecular weight excluding hydrogens is 406 g/mol. The Kier molecular flexibility index (Phi) is 14.6. The maximum Gasteiger partial charge on any atom is -0.0579 e. The summed E-state index contributed by atoms with van der Waals surface area (Å²) in [6, 6.07) is 20.9. The summed E-state index contributed by atoms with van der Waals surface area (Å²) < 4.78 is 0. The van der Waals surface area contributed by atoms with Gasteiger partial charge in [-0.1, -0.05) is 19.9 Å². The molecular formula is C18H22Cl2SiZr-2. The Morgan fingerprint density at radius 3 is 1.91 bits per heavy atom. The quantitative estimate of drug-likeness (QED) is 0.331. The number of benzene rings is 1. The van der Waals surface area contributed by atoms with E-state index in [0.717, 1.165) is 0 Å². The Morgan fingerprint density at radius 1 is 0.955 bits per heavy atom. The van der Waals surface area contributed by atoms with Crippen LogP contribution >= 0.6 is 0 Å². The molecule has 0 unspecified atom stereocenters. The molecule has 0 saturated carbocycles. The van der Waals surface area contributed by atoms with Crippen LogP contribution in [-0.4, -0.2) is 5.43 Å². The minimum atomic E-state index is 0. The molecule has 4 heteroatoms. The largest absolute Gasteiger partial charge is 1.00 e. The van der Waals surface area contributed by atoms with Crippen molar-refractivity contribution >= 4 is 16.2 Å². The summed E-state index contributed by atoms with van der Waals surface area (Å²) in [5.74, 6) is 0. The van der Waals surface area contributed by atoms with Gasteiger partial charge in [0, 0.05) is 0 Å². The Hall–Kier alpha value is -0.140. The van der Waals surface area contributed by atoms with Crippen LogP contribution in [0.4, 0.5) is 0 Å². The zero-order valence-electron chi connectivity index (χ0n) is 13.5. The molecule has 0 atom stereocenters. The average molecular weight is 429 g/mol. The van der Waals surface area contributed by atoms with E-state index in [1.807, 2.05) is 30.3 Å². The fourth-order valence-electron chi connectivity index (χ4n) is 1.86. The van der Waals surface area contributed by atoms with Gasteiger partial charge < -0.3 is 24.8 Å². The molecule has 0 aromatic heterocycles. The molecule has 0 aliphatic heterocycles. The van der Waals surface area contributed by atoms with Crippen LogP contribution in [0.3, 0.4) is 0 Å². The van der Waals surface area contributed by atoms with Gasteiger partial charge in [-0.15, -0.1) is 40.1 Å².